The van der Waals surface area contributed by atoms with Crippen molar-refractivity contribution in [1.29, 1.82) is 0 Å². The van der Waals surface area contributed by atoms with Crippen molar-refractivity contribution < 1.29 is 0 Å². The molecule has 0 bridgehead atoms. The zero-order valence-corrected chi connectivity index (χ0v) is 22.8. The lowest BCUT2D eigenvalue weighted by Crippen LogP contribution is -2.00. The smallest absolute Gasteiger partial charge is 0.164 e. The summed E-state index contributed by atoms with van der Waals surface area (Å²) in [5, 5.41) is 0. The molecule has 0 aliphatic heterocycles. The SMILES string of the molecule is c1ccc(-c2nc(-c3ccccc3)nc(-c3ccc(-c4ccc(-c5ccc(-c6ccncc6)cc5)cc4)cc3)n2)cc1. The number of hydrogen-bond donors (Lipinski definition) is 0. The molecule has 0 N–H and O–H groups in total. The van der Waals surface area contributed by atoms with Crippen LogP contribution < -0.4 is 0 Å². The van der Waals surface area contributed by atoms with Crippen LogP contribution in [0.5, 0.6) is 0 Å². The van der Waals surface area contributed by atoms with E-state index in [4.69, 9.17) is 15.0 Å². The van der Waals surface area contributed by atoms with E-state index >= 15 is 0 Å². The van der Waals surface area contributed by atoms with Crippen molar-refractivity contribution in [3.05, 3.63) is 158 Å². The highest BCUT2D eigenvalue weighted by Crippen LogP contribution is 2.29. The topological polar surface area (TPSA) is 51.6 Å². The van der Waals surface area contributed by atoms with Crippen LogP contribution in [0.2, 0.25) is 0 Å². The first-order chi connectivity index (χ1) is 20.8. The number of hydrogen-bond acceptors (Lipinski definition) is 4. The van der Waals surface area contributed by atoms with Gasteiger partial charge in [-0.1, -0.05) is 133 Å². The van der Waals surface area contributed by atoms with Crippen LogP contribution in [-0.4, -0.2) is 19.9 Å². The Morgan fingerprint density at radius 2 is 0.500 bits per heavy atom. The second kappa shape index (κ2) is 11.4. The average molecular weight is 539 g/mol. The van der Waals surface area contributed by atoms with Crippen molar-refractivity contribution in [1.82, 2.24) is 19.9 Å². The van der Waals surface area contributed by atoms with E-state index in [1.807, 2.05) is 85.2 Å². The van der Waals surface area contributed by atoms with E-state index in [9.17, 15) is 0 Å². The average Bonchev–Trinajstić information content (AvgIpc) is 3.09. The van der Waals surface area contributed by atoms with Gasteiger partial charge >= 0.3 is 0 Å². The molecule has 4 heteroatoms. The second-order valence-corrected chi connectivity index (χ2v) is 10.0. The zero-order chi connectivity index (χ0) is 28.1. The van der Waals surface area contributed by atoms with Crippen molar-refractivity contribution in [2.45, 2.75) is 0 Å². The molecule has 0 unspecified atom stereocenters. The van der Waals surface area contributed by atoms with Gasteiger partial charge in [0.2, 0.25) is 0 Å². The van der Waals surface area contributed by atoms with Crippen LogP contribution in [0.4, 0.5) is 0 Å². The Morgan fingerprint density at radius 3 is 0.833 bits per heavy atom. The molecule has 0 radical (unpaired) electrons. The Kier molecular flexibility index (Phi) is 6.85. The standard InChI is InChI=1S/C38H26N4/c1-3-7-33(8-4-1)36-40-37(34-9-5-2-6-10-34)42-38(41-36)35-21-19-30(20-22-35)29-13-11-27(12-14-29)28-15-17-31(18-16-28)32-23-25-39-26-24-32/h1-26H. The molecule has 0 saturated heterocycles. The summed E-state index contributed by atoms with van der Waals surface area (Å²) in [7, 11) is 0. The van der Waals surface area contributed by atoms with Crippen LogP contribution in [-0.2, 0) is 0 Å². The lowest BCUT2D eigenvalue weighted by atomic mass is 9.98. The Balaban J connectivity index is 1.15. The minimum Gasteiger partial charge on any atom is -0.265 e. The second-order valence-electron chi connectivity index (χ2n) is 10.0. The first-order valence-electron chi connectivity index (χ1n) is 13.9. The molecule has 0 spiro atoms. The summed E-state index contributed by atoms with van der Waals surface area (Å²) in [6, 6.07) is 49.9. The summed E-state index contributed by atoms with van der Waals surface area (Å²) in [5.74, 6) is 1.97. The van der Waals surface area contributed by atoms with Gasteiger partial charge in [-0.15, -0.1) is 0 Å². The molecule has 2 heterocycles. The Labute approximate surface area is 245 Å². The first-order valence-corrected chi connectivity index (χ1v) is 13.9. The van der Waals surface area contributed by atoms with Crippen molar-refractivity contribution in [2.24, 2.45) is 0 Å². The van der Waals surface area contributed by atoms with E-state index < -0.39 is 0 Å². The van der Waals surface area contributed by atoms with Crippen molar-refractivity contribution >= 4 is 0 Å². The van der Waals surface area contributed by atoms with Crippen molar-refractivity contribution in [3.63, 3.8) is 0 Å². The molecule has 0 saturated carbocycles. The van der Waals surface area contributed by atoms with E-state index in [2.05, 4.69) is 77.8 Å². The molecule has 0 amide bonds. The molecule has 2 aromatic heterocycles. The van der Waals surface area contributed by atoms with E-state index in [1.165, 1.54) is 22.3 Å². The Morgan fingerprint density at radius 1 is 0.238 bits per heavy atom. The van der Waals surface area contributed by atoms with Crippen LogP contribution in [0.25, 0.3) is 67.5 Å². The van der Waals surface area contributed by atoms with Crippen molar-refractivity contribution in [3.8, 4) is 67.5 Å². The van der Waals surface area contributed by atoms with Gasteiger partial charge in [-0.05, 0) is 45.5 Å². The number of pyridine rings is 1. The van der Waals surface area contributed by atoms with Gasteiger partial charge < -0.3 is 0 Å². The summed E-state index contributed by atoms with van der Waals surface area (Å²) in [5.41, 5.74) is 9.88. The predicted octanol–water partition coefficient (Wildman–Crippen LogP) is 9.27. The van der Waals surface area contributed by atoms with Crippen molar-refractivity contribution in [2.75, 3.05) is 0 Å². The summed E-state index contributed by atoms with van der Waals surface area (Å²) < 4.78 is 0. The summed E-state index contributed by atoms with van der Waals surface area (Å²) in [6.07, 6.45) is 3.64. The summed E-state index contributed by atoms with van der Waals surface area (Å²) in [4.78, 5) is 18.6. The lowest BCUT2D eigenvalue weighted by molar-refractivity contribution is 1.07. The quantitative estimate of drug-likeness (QED) is 0.212. The number of nitrogens with zero attached hydrogens (tertiary/aromatic N) is 4. The highest BCUT2D eigenvalue weighted by molar-refractivity contribution is 5.74. The molecule has 7 aromatic rings. The van der Waals surface area contributed by atoms with Crippen LogP contribution >= 0.6 is 0 Å². The predicted molar refractivity (Wildman–Crippen MR) is 170 cm³/mol. The normalized spacial score (nSPS) is 10.9. The number of aromatic nitrogens is 4. The highest BCUT2D eigenvalue weighted by atomic mass is 15.0. The van der Waals surface area contributed by atoms with Crippen LogP contribution in [0.1, 0.15) is 0 Å². The van der Waals surface area contributed by atoms with Gasteiger partial charge in [-0.3, -0.25) is 4.98 Å². The summed E-state index contributed by atoms with van der Waals surface area (Å²) >= 11 is 0. The van der Waals surface area contributed by atoms with Gasteiger partial charge in [0.1, 0.15) is 0 Å². The Bertz CT molecular complexity index is 1860. The van der Waals surface area contributed by atoms with Crippen LogP contribution in [0.15, 0.2) is 158 Å². The molecule has 198 valence electrons. The van der Waals surface area contributed by atoms with Gasteiger partial charge in [0.15, 0.2) is 17.5 Å². The zero-order valence-electron chi connectivity index (χ0n) is 22.8. The van der Waals surface area contributed by atoms with E-state index in [0.717, 1.165) is 27.8 Å². The molecule has 0 aliphatic rings. The maximum absolute atomic E-state index is 4.85. The largest absolute Gasteiger partial charge is 0.265 e. The molecule has 0 fully saturated rings. The van der Waals surface area contributed by atoms with Gasteiger partial charge in [-0.2, -0.15) is 0 Å². The molecular weight excluding hydrogens is 512 g/mol. The molecule has 4 nitrogen and oxygen atoms in total. The maximum atomic E-state index is 4.85. The molecular formula is C38H26N4. The third-order valence-electron chi connectivity index (χ3n) is 7.29. The third kappa shape index (κ3) is 5.34. The summed E-state index contributed by atoms with van der Waals surface area (Å²) in [6.45, 7) is 0. The third-order valence-corrected chi connectivity index (χ3v) is 7.29. The monoisotopic (exact) mass is 538 g/mol. The molecule has 42 heavy (non-hydrogen) atoms. The van der Waals surface area contributed by atoms with E-state index in [1.54, 1.807) is 0 Å². The minimum absolute atomic E-state index is 0.653. The van der Waals surface area contributed by atoms with Crippen LogP contribution in [0.3, 0.4) is 0 Å². The fraction of sp³-hybridized carbons (Fsp3) is 0. The minimum atomic E-state index is 0.653. The van der Waals surface area contributed by atoms with Crippen LogP contribution in [0, 0.1) is 0 Å². The van der Waals surface area contributed by atoms with E-state index in [0.29, 0.717) is 17.5 Å². The molecule has 7 rings (SSSR count). The van der Waals surface area contributed by atoms with Gasteiger partial charge in [0.25, 0.3) is 0 Å². The first kappa shape index (κ1) is 25.2. The fourth-order valence-electron chi connectivity index (χ4n) is 5.00. The highest BCUT2D eigenvalue weighted by Gasteiger charge is 2.12. The Hall–Kier alpha value is -5.74. The lowest BCUT2D eigenvalue weighted by Gasteiger charge is -2.09. The molecule has 0 aliphatic carbocycles. The fourth-order valence-corrected chi connectivity index (χ4v) is 5.00. The molecule has 0 atom stereocenters. The van der Waals surface area contributed by atoms with Gasteiger partial charge in [0, 0.05) is 29.1 Å². The molecule has 5 aromatic carbocycles. The number of rotatable bonds is 6. The maximum Gasteiger partial charge on any atom is 0.164 e. The van der Waals surface area contributed by atoms with Gasteiger partial charge in [0.05, 0.1) is 0 Å². The van der Waals surface area contributed by atoms with E-state index in [-0.39, 0.29) is 0 Å². The van der Waals surface area contributed by atoms with Gasteiger partial charge in [-0.25, -0.2) is 15.0 Å². The number of benzene rings is 5.